The van der Waals surface area contributed by atoms with E-state index in [1.54, 1.807) is 0 Å². The Hall–Kier alpha value is 0.160. The lowest BCUT2D eigenvalue weighted by molar-refractivity contribution is 0.147. The van der Waals surface area contributed by atoms with Crippen LogP contribution in [0.4, 0.5) is 0 Å². The van der Waals surface area contributed by atoms with E-state index in [1.165, 1.54) is 37.1 Å². The number of piperidine rings is 1. The van der Waals surface area contributed by atoms with Crippen LogP contribution in [0.1, 0.15) is 24.0 Å². The number of hydrogen-bond acceptors (Lipinski definition) is 2. The van der Waals surface area contributed by atoms with E-state index >= 15 is 0 Å². The molecule has 2 aliphatic heterocycles. The smallest absolute Gasteiger partial charge is 0.0409 e. The maximum atomic E-state index is 6.05. The molecule has 3 rings (SSSR count). The van der Waals surface area contributed by atoms with Crippen molar-refractivity contribution in [2.75, 3.05) is 13.1 Å². The molecule has 17 heavy (non-hydrogen) atoms. The molecule has 1 aromatic carbocycles. The van der Waals surface area contributed by atoms with E-state index in [9.17, 15) is 0 Å². The van der Waals surface area contributed by atoms with Crippen molar-refractivity contribution in [3.8, 4) is 0 Å². The number of nitrogens with zero attached hydrogens (tertiary/aromatic N) is 2. The van der Waals surface area contributed by atoms with Crippen molar-refractivity contribution < 1.29 is 0 Å². The predicted octanol–water partition coefficient (Wildman–Crippen LogP) is 3.47. The highest BCUT2D eigenvalue weighted by atomic mass is 127. The summed E-state index contributed by atoms with van der Waals surface area (Å²) in [4.78, 5) is 2.62. The molecule has 0 N–H and O–H groups in total. The minimum Gasteiger partial charge on any atom is -0.292 e. The molecule has 2 heterocycles. The van der Waals surface area contributed by atoms with Gasteiger partial charge in [-0.25, -0.2) is 3.11 Å². The van der Waals surface area contributed by atoms with Gasteiger partial charge >= 0.3 is 0 Å². The summed E-state index contributed by atoms with van der Waals surface area (Å²) in [6.45, 7) is 4.64. The van der Waals surface area contributed by atoms with Crippen molar-refractivity contribution in [3.05, 3.63) is 34.3 Å². The number of fused-ring (bicyclic) bond motifs is 1. The van der Waals surface area contributed by atoms with Gasteiger partial charge in [0.05, 0.1) is 0 Å². The van der Waals surface area contributed by atoms with Crippen molar-refractivity contribution >= 4 is 34.5 Å². The molecule has 1 fully saturated rings. The van der Waals surface area contributed by atoms with Gasteiger partial charge in [0, 0.05) is 60.1 Å². The van der Waals surface area contributed by atoms with E-state index in [1.807, 2.05) is 6.07 Å². The molecule has 0 aromatic heterocycles. The van der Waals surface area contributed by atoms with Crippen LogP contribution in [0.5, 0.6) is 0 Å². The van der Waals surface area contributed by atoms with E-state index in [2.05, 4.69) is 43.0 Å². The molecular formula is C13H16ClIN2. The van der Waals surface area contributed by atoms with Gasteiger partial charge in [-0.3, -0.25) is 4.90 Å². The van der Waals surface area contributed by atoms with E-state index in [0.717, 1.165) is 24.2 Å². The van der Waals surface area contributed by atoms with Gasteiger partial charge in [-0.15, -0.1) is 0 Å². The summed E-state index contributed by atoms with van der Waals surface area (Å²) in [6, 6.07) is 7.08. The molecule has 0 unspecified atom stereocenters. The predicted molar refractivity (Wildman–Crippen MR) is 79.3 cm³/mol. The Bertz CT molecular complexity index is 416. The second-order valence-corrected chi connectivity index (χ2v) is 6.76. The second kappa shape index (κ2) is 5.03. The van der Waals surface area contributed by atoms with Gasteiger partial charge in [0.25, 0.3) is 0 Å². The fraction of sp³-hybridized carbons (Fsp3) is 0.538. The Labute approximate surface area is 121 Å². The molecule has 1 aromatic rings. The van der Waals surface area contributed by atoms with Gasteiger partial charge < -0.3 is 0 Å². The van der Waals surface area contributed by atoms with Gasteiger partial charge in [0.2, 0.25) is 0 Å². The van der Waals surface area contributed by atoms with Gasteiger partial charge in [-0.1, -0.05) is 17.7 Å². The SMILES string of the molecule is Clc1ccc2c(c1)CN(C1CCN(I)CC1)C2. The lowest BCUT2D eigenvalue weighted by Crippen LogP contribution is -2.39. The van der Waals surface area contributed by atoms with Crippen molar-refractivity contribution in [1.29, 1.82) is 0 Å². The zero-order chi connectivity index (χ0) is 11.8. The third-order valence-corrected chi connectivity index (χ3v) is 5.04. The maximum absolute atomic E-state index is 6.05. The summed E-state index contributed by atoms with van der Waals surface area (Å²) in [5.41, 5.74) is 2.89. The highest BCUT2D eigenvalue weighted by Crippen LogP contribution is 2.30. The first kappa shape index (κ1) is 12.2. The normalized spacial score (nSPS) is 22.9. The highest BCUT2D eigenvalue weighted by Gasteiger charge is 2.28. The first-order chi connectivity index (χ1) is 8.22. The van der Waals surface area contributed by atoms with Crippen molar-refractivity contribution in [1.82, 2.24) is 8.01 Å². The molecule has 0 atom stereocenters. The van der Waals surface area contributed by atoms with Crippen molar-refractivity contribution in [2.24, 2.45) is 0 Å². The second-order valence-electron chi connectivity index (χ2n) is 4.96. The van der Waals surface area contributed by atoms with Crippen LogP contribution in [0.25, 0.3) is 0 Å². The van der Waals surface area contributed by atoms with Crippen LogP contribution in [0.3, 0.4) is 0 Å². The third-order valence-electron chi connectivity index (χ3n) is 3.84. The van der Waals surface area contributed by atoms with E-state index in [0.29, 0.717) is 0 Å². The van der Waals surface area contributed by atoms with Crippen LogP contribution >= 0.6 is 34.5 Å². The summed E-state index contributed by atoms with van der Waals surface area (Å²) in [5, 5.41) is 0.868. The fourth-order valence-corrected chi connectivity index (χ4v) is 3.60. The molecule has 0 amide bonds. The number of benzene rings is 1. The molecule has 2 nitrogen and oxygen atoms in total. The molecule has 2 aliphatic rings. The lowest BCUT2D eigenvalue weighted by atomic mass is 10.1. The zero-order valence-corrected chi connectivity index (χ0v) is 12.6. The molecule has 0 aliphatic carbocycles. The standard InChI is InChI=1S/C13H16ClIN2/c14-12-2-1-10-8-16(9-11(10)7-12)13-3-5-17(15)6-4-13/h1-2,7,13H,3-6,8-9H2. The molecule has 1 saturated heterocycles. The van der Waals surface area contributed by atoms with Crippen LogP contribution in [0.15, 0.2) is 18.2 Å². The minimum atomic E-state index is 0.757. The van der Waals surface area contributed by atoms with Crippen LogP contribution in [-0.4, -0.2) is 27.1 Å². The van der Waals surface area contributed by atoms with Crippen LogP contribution in [0, 0.1) is 0 Å². The lowest BCUT2D eigenvalue weighted by Gasteiger charge is -2.33. The van der Waals surface area contributed by atoms with Crippen molar-refractivity contribution in [2.45, 2.75) is 32.0 Å². The first-order valence-electron chi connectivity index (χ1n) is 6.14. The Morgan fingerprint density at radius 3 is 2.59 bits per heavy atom. The minimum absolute atomic E-state index is 0.757. The van der Waals surface area contributed by atoms with Crippen LogP contribution in [-0.2, 0) is 13.1 Å². The maximum Gasteiger partial charge on any atom is 0.0409 e. The molecule has 4 heteroatoms. The first-order valence-corrected chi connectivity index (χ1v) is 7.49. The average Bonchev–Trinajstić information content (AvgIpc) is 2.72. The topological polar surface area (TPSA) is 6.48 Å². The number of rotatable bonds is 1. The van der Waals surface area contributed by atoms with Crippen LogP contribution in [0.2, 0.25) is 5.02 Å². The Balaban J connectivity index is 1.69. The van der Waals surface area contributed by atoms with E-state index < -0.39 is 0 Å². The Kier molecular flexibility index (Phi) is 3.62. The summed E-state index contributed by atoms with van der Waals surface area (Å²) < 4.78 is 2.40. The van der Waals surface area contributed by atoms with Gasteiger partial charge in [0.15, 0.2) is 0 Å². The monoisotopic (exact) mass is 362 g/mol. The Morgan fingerprint density at radius 1 is 1.12 bits per heavy atom. The summed E-state index contributed by atoms with van der Waals surface area (Å²) >= 11 is 8.48. The molecular weight excluding hydrogens is 347 g/mol. The van der Waals surface area contributed by atoms with Crippen molar-refractivity contribution in [3.63, 3.8) is 0 Å². The summed E-state index contributed by atoms with van der Waals surface area (Å²) in [7, 11) is 0. The average molecular weight is 363 g/mol. The van der Waals surface area contributed by atoms with E-state index in [4.69, 9.17) is 11.6 Å². The fourth-order valence-electron chi connectivity index (χ4n) is 2.85. The third kappa shape index (κ3) is 2.62. The molecule has 0 bridgehead atoms. The molecule has 0 spiro atoms. The van der Waals surface area contributed by atoms with Gasteiger partial charge in [-0.05, 0) is 36.1 Å². The Morgan fingerprint density at radius 2 is 1.82 bits per heavy atom. The van der Waals surface area contributed by atoms with Gasteiger partial charge in [-0.2, -0.15) is 0 Å². The quantitative estimate of drug-likeness (QED) is 0.557. The molecule has 92 valence electrons. The largest absolute Gasteiger partial charge is 0.292 e. The molecule has 0 saturated carbocycles. The van der Waals surface area contributed by atoms with E-state index in [-0.39, 0.29) is 0 Å². The summed E-state index contributed by atoms with van der Waals surface area (Å²) in [6.07, 6.45) is 2.59. The van der Waals surface area contributed by atoms with Crippen LogP contribution < -0.4 is 0 Å². The number of halogens is 2. The van der Waals surface area contributed by atoms with Gasteiger partial charge in [0.1, 0.15) is 0 Å². The number of hydrogen-bond donors (Lipinski definition) is 0. The molecule has 0 radical (unpaired) electrons. The zero-order valence-electron chi connectivity index (χ0n) is 9.70. The highest BCUT2D eigenvalue weighted by molar-refractivity contribution is 14.1. The summed E-state index contributed by atoms with van der Waals surface area (Å²) in [5.74, 6) is 0.